The molecule has 0 radical (unpaired) electrons. The second-order valence-corrected chi connectivity index (χ2v) is 3.69. The number of phenols is 1. The fourth-order valence-electron chi connectivity index (χ4n) is 1.34. The summed E-state index contributed by atoms with van der Waals surface area (Å²) in [6, 6.07) is 15.0. The van der Waals surface area contributed by atoms with Gasteiger partial charge in [0.1, 0.15) is 5.75 Å². The zero-order chi connectivity index (χ0) is 11.4. The van der Waals surface area contributed by atoms with E-state index in [1.807, 2.05) is 43.3 Å². The van der Waals surface area contributed by atoms with Crippen LogP contribution < -0.4 is 0 Å². The van der Waals surface area contributed by atoms with Crippen LogP contribution in [0.15, 0.2) is 53.5 Å². The van der Waals surface area contributed by atoms with E-state index in [0.29, 0.717) is 0 Å². The van der Waals surface area contributed by atoms with Crippen molar-refractivity contribution in [3.63, 3.8) is 0 Å². The molecule has 2 aromatic rings. The molecular formula is C14H13NO. The van der Waals surface area contributed by atoms with Gasteiger partial charge in [0.2, 0.25) is 0 Å². The lowest BCUT2D eigenvalue weighted by Crippen LogP contribution is -1.78. The molecule has 0 aromatic heterocycles. The Bertz CT molecular complexity index is 436. The Hall–Kier alpha value is -2.09. The topological polar surface area (TPSA) is 32.6 Å². The zero-order valence-corrected chi connectivity index (χ0v) is 9.09. The maximum Gasteiger partial charge on any atom is 0.115 e. The number of hydrogen-bond donors (Lipinski definition) is 1. The molecule has 2 heteroatoms. The Balaban J connectivity index is 2.15. The van der Waals surface area contributed by atoms with E-state index in [2.05, 4.69) is 4.99 Å². The van der Waals surface area contributed by atoms with Crippen molar-refractivity contribution in [1.82, 2.24) is 0 Å². The van der Waals surface area contributed by atoms with Gasteiger partial charge in [0.15, 0.2) is 0 Å². The Labute approximate surface area is 94.9 Å². The molecule has 1 N–H and O–H groups in total. The number of nitrogens with zero attached hydrogens (tertiary/aromatic N) is 1. The van der Waals surface area contributed by atoms with Crippen molar-refractivity contribution in [2.75, 3.05) is 0 Å². The van der Waals surface area contributed by atoms with E-state index in [0.717, 1.165) is 11.3 Å². The summed E-state index contributed by atoms with van der Waals surface area (Å²) in [6.45, 7) is 2.05. The number of aromatic hydroxyl groups is 1. The number of aliphatic imine (C=N–C) groups is 1. The Morgan fingerprint density at radius 2 is 1.56 bits per heavy atom. The van der Waals surface area contributed by atoms with Gasteiger partial charge in [-0.25, -0.2) is 0 Å². The molecule has 0 bridgehead atoms. The minimum atomic E-state index is 0.271. The van der Waals surface area contributed by atoms with Crippen molar-refractivity contribution in [3.8, 4) is 5.75 Å². The van der Waals surface area contributed by atoms with Gasteiger partial charge >= 0.3 is 0 Å². The molecule has 0 heterocycles. The zero-order valence-electron chi connectivity index (χ0n) is 9.09. The largest absolute Gasteiger partial charge is 0.508 e. The molecule has 80 valence electrons. The van der Waals surface area contributed by atoms with Gasteiger partial charge < -0.3 is 5.11 Å². The standard InChI is InChI=1S/C14H13NO/c1-11-2-6-13(7-3-11)15-10-12-4-8-14(16)9-5-12/h2-10,16H,1H3/b15-10+. The second-order valence-electron chi connectivity index (χ2n) is 3.69. The lowest BCUT2D eigenvalue weighted by molar-refractivity contribution is 0.475. The summed E-state index contributed by atoms with van der Waals surface area (Å²) in [4.78, 5) is 4.34. The van der Waals surface area contributed by atoms with Crippen LogP contribution in [0.1, 0.15) is 11.1 Å². The fraction of sp³-hybridized carbons (Fsp3) is 0.0714. The molecule has 0 saturated heterocycles. The monoisotopic (exact) mass is 211 g/mol. The van der Waals surface area contributed by atoms with Gasteiger partial charge in [-0.05, 0) is 48.9 Å². The second kappa shape index (κ2) is 4.62. The first-order valence-electron chi connectivity index (χ1n) is 5.14. The van der Waals surface area contributed by atoms with Crippen LogP contribution in [0, 0.1) is 6.92 Å². The molecule has 0 spiro atoms. The first-order valence-corrected chi connectivity index (χ1v) is 5.14. The first kappa shape index (κ1) is 10.4. The SMILES string of the molecule is Cc1ccc(/N=C/c2ccc(O)cc2)cc1. The van der Waals surface area contributed by atoms with E-state index in [-0.39, 0.29) is 5.75 Å². The summed E-state index contributed by atoms with van der Waals surface area (Å²) in [7, 11) is 0. The third kappa shape index (κ3) is 2.70. The molecule has 2 rings (SSSR count). The summed E-state index contributed by atoms with van der Waals surface area (Å²) < 4.78 is 0. The third-order valence-electron chi connectivity index (χ3n) is 2.29. The Morgan fingerprint density at radius 1 is 0.938 bits per heavy atom. The number of benzene rings is 2. The molecule has 2 aromatic carbocycles. The summed E-state index contributed by atoms with van der Waals surface area (Å²) in [6.07, 6.45) is 1.78. The van der Waals surface area contributed by atoms with Crippen LogP contribution in [0.25, 0.3) is 0 Å². The van der Waals surface area contributed by atoms with Crippen molar-refractivity contribution in [3.05, 3.63) is 59.7 Å². The van der Waals surface area contributed by atoms with E-state index in [9.17, 15) is 0 Å². The van der Waals surface area contributed by atoms with Crippen molar-refractivity contribution in [2.45, 2.75) is 6.92 Å². The molecule has 0 amide bonds. The number of rotatable bonds is 2. The Kier molecular flexibility index (Phi) is 3.01. The quantitative estimate of drug-likeness (QED) is 0.758. The fourth-order valence-corrected chi connectivity index (χ4v) is 1.34. The van der Waals surface area contributed by atoms with Crippen molar-refractivity contribution >= 4 is 11.9 Å². The highest BCUT2D eigenvalue weighted by molar-refractivity contribution is 5.82. The van der Waals surface area contributed by atoms with Gasteiger partial charge in [-0.1, -0.05) is 17.7 Å². The van der Waals surface area contributed by atoms with E-state index in [1.54, 1.807) is 18.3 Å². The minimum absolute atomic E-state index is 0.271. The number of aryl methyl sites for hydroxylation is 1. The predicted molar refractivity (Wildman–Crippen MR) is 66.5 cm³/mol. The smallest absolute Gasteiger partial charge is 0.115 e. The highest BCUT2D eigenvalue weighted by atomic mass is 16.3. The molecule has 2 nitrogen and oxygen atoms in total. The minimum Gasteiger partial charge on any atom is -0.508 e. The maximum atomic E-state index is 9.13. The van der Waals surface area contributed by atoms with Crippen LogP contribution in [0.5, 0.6) is 5.75 Å². The summed E-state index contributed by atoms with van der Waals surface area (Å²) in [5.41, 5.74) is 3.13. The lowest BCUT2D eigenvalue weighted by atomic mass is 10.2. The molecule has 0 aliphatic carbocycles. The van der Waals surface area contributed by atoms with E-state index >= 15 is 0 Å². The van der Waals surface area contributed by atoms with Gasteiger partial charge in [-0.3, -0.25) is 4.99 Å². The summed E-state index contributed by atoms with van der Waals surface area (Å²) in [5.74, 6) is 0.271. The van der Waals surface area contributed by atoms with Crippen molar-refractivity contribution in [2.24, 2.45) is 4.99 Å². The van der Waals surface area contributed by atoms with Gasteiger partial charge in [-0.15, -0.1) is 0 Å². The van der Waals surface area contributed by atoms with Crippen LogP contribution in [0.4, 0.5) is 5.69 Å². The van der Waals surface area contributed by atoms with Crippen LogP contribution in [-0.4, -0.2) is 11.3 Å². The maximum absolute atomic E-state index is 9.13. The van der Waals surface area contributed by atoms with Crippen LogP contribution >= 0.6 is 0 Å². The van der Waals surface area contributed by atoms with E-state index in [1.165, 1.54) is 5.56 Å². The van der Waals surface area contributed by atoms with E-state index < -0.39 is 0 Å². The third-order valence-corrected chi connectivity index (χ3v) is 2.29. The average Bonchev–Trinajstić information content (AvgIpc) is 2.30. The molecule has 0 unspecified atom stereocenters. The van der Waals surface area contributed by atoms with Gasteiger partial charge in [0.05, 0.1) is 5.69 Å². The highest BCUT2D eigenvalue weighted by Crippen LogP contribution is 2.13. The molecule has 0 fully saturated rings. The van der Waals surface area contributed by atoms with Crippen LogP contribution in [-0.2, 0) is 0 Å². The van der Waals surface area contributed by atoms with Crippen LogP contribution in [0.2, 0.25) is 0 Å². The molecule has 0 aliphatic rings. The van der Waals surface area contributed by atoms with Crippen molar-refractivity contribution < 1.29 is 5.11 Å². The van der Waals surface area contributed by atoms with Crippen LogP contribution in [0.3, 0.4) is 0 Å². The Morgan fingerprint density at radius 3 is 2.19 bits per heavy atom. The average molecular weight is 211 g/mol. The van der Waals surface area contributed by atoms with E-state index in [4.69, 9.17) is 5.11 Å². The number of hydrogen-bond acceptors (Lipinski definition) is 2. The lowest BCUT2D eigenvalue weighted by Gasteiger charge is -1.96. The normalized spacial score (nSPS) is 10.8. The van der Waals surface area contributed by atoms with Gasteiger partial charge in [0, 0.05) is 6.21 Å². The highest BCUT2D eigenvalue weighted by Gasteiger charge is 1.90. The number of phenolic OH excluding ortho intramolecular Hbond substituents is 1. The predicted octanol–water partition coefficient (Wildman–Crippen LogP) is 3.45. The summed E-state index contributed by atoms with van der Waals surface area (Å²) >= 11 is 0. The molecule has 0 aliphatic heterocycles. The summed E-state index contributed by atoms with van der Waals surface area (Å²) in [5, 5.41) is 9.13. The molecular weight excluding hydrogens is 198 g/mol. The first-order chi connectivity index (χ1) is 7.74. The van der Waals surface area contributed by atoms with Gasteiger partial charge in [0.25, 0.3) is 0 Å². The molecule has 16 heavy (non-hydrogen) atoms. The van der Waals surface area contributed by atoms with Gasteiger partial charge in [-0.2, -0.15) is 0 Å². The molecule has 0 saturated carbocycles. The van der Waals surface area contributed by atoms with Crippen molar-refractivity contribution in [1.29, 1.82) is 0 Å². The molecule has 0 atom stereocenters.